The molecular formula is C17H23N2O+. The summed E-state index contributed by atoms with van der Waals surface area (Å²) in [6.45, 7) is 9.75. The van der Waals surface area contributed by atoms with Crippen molar-refractivity contribution in [3.05, 3.63) is 53.9 Å². The predicted octanol–water partition coefficient (Wildman–Crippen LogP) is 3.11. The highest BCUT2D eigenvalue weighted by Gasteiger charge is 2.38. The third kappa shape index (κ3) is 2.28. The van der Waals surface area contributed by atoms with Gasteiger partial charge in [-0.2, -0.15) is 0 Å². The lowest BCUT2D eigenvalue weighted by molar-refractivity contribution is -0.903. The molecule has 1 aromatic carbocycles. The van der Waals surface area contributed by atoms with Gasteiger partial charge in [0.05, 0.1) is 0 Å². The minimum absolute atomic E-state index is 0.957. The fraction of sp³-hybridized carbons (Fsp3) is 0.412. The molecule has 0 N–H and O–H groups in total. The molecule has 0 fully saturated rings. The number of benzene rings is 1. The highest BCUT2D eigenvalue weighted by molar-refractivity contribution is 5.35. The van der Waals surface area contributed by atoms with Gasteiger partial charge >= 0.3 is 0 Å². The Bertz CT molecular complexity index is 546. The lowest BCUT2D eigenvalue weighted by Gasteiger charge is -2.37. The van der Waals surface area contributed by atoms with Crippen molar-refractivity contribution in [2.75, 3.05) is 26.3 Å². The molecule has 3 heteroatoms. The summed E-state index contributed by atoms with van der Waals surface area (Å²) in [6.07, 6.45) is 6.43. The third-order valence-electron chi connectivity index (χ3n) is 4.41. The van der Waals surface area contributed by atoms with Crippen molar-refractivity contribution in [2.24, 2.45) is 0 Å². The summed E-state index contributed by atoms with van der Waals surface area (Å²) in [5.74, 6) is 1.000. The second-order valence-electron chi connectivity index (χ2n) is 5.60. The maximum Gasteiger partial charge on any atom is 0.169 e. The van der Waals surface area contributed by atoms with Crippen molar-refractivity contribution in [1.82, 2.24) is 4.90 Å². The van der Waals surface area contributed by atoms with Gasteiger partial charge in [0.15, 0.2) is 12.0 Å². The third-order valence-corrected chi connectivity index (χ3v) is 4.41. The Labute approximate surface area is 121 Å². The molecule has 0 saturated heterocycles. The summed E-state index contributed by atoms with van der Waals surface area (Å²) in [6, 6.07) is 8.39. The van der Waals surface area contributed by atoms with E-state index in [9.17, 15) is 0 Å². The summed E-state index contributed by atoms with van der Waals surface area (Å²) in [5, 5.41) is 0. The van der Waals surface area contributed by atoms with Gasteiger partial charge in [-0.3, -0.25) is 9.38 Å². The zero-order valence-corrected chi connectivity index (χ0v) is 12.4. The number of hydrogen-bond acceptors (Lipinski definition) is 2. The summed E-state index contributed by atoms with van der Waals surface area (Å²) in [5.41, 5.74) is 2.59. The molecule has 0 amide bonds. The summed E-state index contributed by atoms with van der Waals surface area (Å²) < 4.78 is 6.85. The first-order chi connectivity index (χ1) is 9.77. The number of quaternary nitrogens is 1. The maximum absolute atomic E-state index is 5.89. The van der Waals surface area contributed by atoms with Crippen LogP contribution in [-0.2, 0) is 6.54 Å². The quantitative estimate of drug-likeness (QED) is 0.780. The van der Waals surface area contributed by atoms with E-state index in [-0.39, 0.29) is 0 Å². The maximum atomic E-state index is 5.89. The van der Waals surface area contributed by atoms with Gasteiger partial charge in [0.25, 0.3) is 0 Å². The van der Waals surface area contributed by atoms with Crippen LogP contribution in [-0.4, -0.2) is 35.7 Å². The standard InChI is InChI=1S/C17H23N2O/c1-3-18(4-2)14-19-11-7-9-16(19)13-20-17-10-6-5-8-15(17)12-19/h5-10,13H,3-4,11-12,14H2,1-2H3/q+1. The van der Waals surface area contributed by atoms with E-state index in [4.69, 9.17) is 4.74 Å². The molecule has 3 nitrogen and oxygen atoms in total. The van der Waals surface area contributed by atoms with Crippen LogP contribution in [0.5, 0.6) is 5.75 Å². The van der Waals surface area contributed by atoms with Crippen LogP contribution in [0.15, 0.2) is 48.4 Å². The number of hydrogen-bond donors (Lipinski definition) is 0. The minimum Gasteiger partial charge on any atom is -0.458 e. The number of ether oxygens (including phenoxy) is 1. The second kappa shape index (κ2) is 5.43. The first-order valence-electron chi connectivity index (χ1n) is 7.47. The van der Waals surface area contributed by atoms with Crippen LogP contribution in [0.25, 0.3) is 0 Å². The molecule has 2 aliphatic rings. The molecule has 106 valence electrons. The molecule has 2 aliphatic heterocycles. The molecule has 3 rings (SSSR count). The molecule has 1 aromatic rings. The average molecular weight is 271 g/mol. The highest BCUT2D eigenvalue weighted by Crippen LogP contribution is 2.35. The summed E-state index contributed by atoms with van der Waals surface area (Å²) in [4.78, 5) is 2.49. The lowest BCUT2D eigenvalue weighted by Crippen LogP contribution is -2.50. The Morgan fingerprint density at radius 2 is 2.00 bits per heavy atom. The van der Waals surface area contributed by atoms with Crippen molar-refractivity contribution < 1.29 is 9.22 Å². The number of rotatable bonds is 4. The van der Waals surface area contributed by atoms with Crippen molar-refractivity contribution in [3.63, 3.8) is 0 Å². The van der Waals surface area contributed by atoms with E-state index in [0.717, 1.165) is 43.1 Å². The smallest absolute Gasteiger partial charge is 0.169 e. The van der Waals surface area contributed by atoms with Gasteiger partial charge in [-0.1, -0.05) is 26.0 Å². The van der Waals surface area contributed by atoms with E-state index < -0.39 is 0 Å². The van der Waals surface area contributed by atoms with Gasteiger partial charge in [0.2, 0.25) is 0 Å². The Hall–Kier alpha value is -1.58. The lowest BCUT2D eigenvalue weighted by atomic mass is 10.1. The van der Waals surface area contributed by atoms with E-state index in [0.29, 0.717) is 0 Å². The zero-order chi connectivity index (χ0) is 14.0. The van der Waals surface area contributed by atoms with Gasteiger partial charge in [-0.15, -0.1) is 0 Å². The Morgan fingerprint density at radius 1 is 1.20 bits per heavy atom. The van der Waals surface area contributed by atoms with Crippen molar-refractivity contribution >= 4 is 0 Å². The molecule has 0 radical (unpaired) electrons. The molecule has 2 heterocycles. The van der Waals surface area contributed by atoms with Gasteiger partial charge in [0, 0.05) is 24.7 Å². The van der Waals surface area contributed by atoms with Crippen LogP contribution >= 0.6 is 0 Å². The molecule has 0 spiro atoms. The van der Waals surface area contributed by atoms with Crippen LogP contribution < -0.4 is 4.74 Å². The van der Waals surface area contributed by atoms with Crippen LogP contribution in [0.2, 0.25) is 0 Å². The van der Waals surface area contributed by atoms with Crippen molar-refractivity contribution in [3.8, 4) is 5.75 Å². The molecule has 0 saturated carbocycles. The Morgan fingerprint density at radius 3 is 2.80 bits per heavy atom. The Kier molecular flexibility index (Phi) is 3.64. The SMILES string of the molecule is CCN(CC)C[N+]12CC=CC1=COc1ccccc1C2. The monoisotopic (exact) mass is 271 g/mol. The van der Waals surface area contributed by atoms with Gasteiger partial charge in [-0.05, 0) is 18.2 Å². The van der Waals surface area contributed by atoms with E-state index in [1.54, 1.807) is 0 Å². The van der Waals surface area contributed by atoms with Gasteiger partial charge in [0.1, 0.15) is 25.5 Å². The van der Waals surface area contributed by atoms with Crippen LogP contribution in [0.3, 0.4) is 0 Å². The van der Waals surface area contributed by atoms with Crippen LogP contribution in [0, 0.1) is 0 Å². The molecule has 0 aromatic heterocycles. The fourth-order valence-corrected chi connectivity index (χ4v) is 3.14. The van der Waals surface area contributed by atoms with E-state index >= 15 is 0 Å². The van der Waals surface area contributed by atoms with Crippen molar-refractivity contribution in [2.45, 2.75) is 20.4 Å². The van der Waals surface area contributed by atoms with Crippen LogP contribution in [0.4, 0.5) is 0 Å². The highest BCUT2D eigenvalue weighted by atomic mass is 16.5. The number of para-hydroxylation sites is 1. The van der Waals surface area contributed by atoms with E-state index in [1.807, 2.05) is 12.3 Å². The molecule has 0 bridgehead atoms. The Balaban J connectivity index is 1.95. The zero-order valence-electron chi connectivity index (χ0n) is 12.4. The predicted molar refractivity (Wildman–Crippen MR) is 80.9 cm³/mol. The topological polar surface area (TPSA) is 12.5 Å². The fourth-order valence-electron chi connectivity index (χ4n) is 3.14. The van der Waals surface area contributed by atoms with E-state index in [2.05, 4.69) is 49.1 Å². The average Bonchev–Trinajstić information content (AvgIpc) is 2.79. The largest absolute Gasteiger partial charge is 0.458 e. The first kappa shape index (κ1) is 13.4. The summed E-state index contributed by atoms with van der Waals surface area (Å²) >= 11 is 0. The van der Waals surface area contributed by atoms with Gasteiger partial charge in [-0.25, -0.2) is 0 Å². The van der Waals surface area contributed by atoms with E-state index in [1.165, 1.54) is 11.3 Å². The molecular weight excluding hydrogens is 248 g/mol. The first-order valence-corrected chi connectivity index (χ1v) is 7.47. The number of allylic oxidation sites excluding steroid dienone is 1. The normalized spacial score (nSPS) is 23.9. The van der Waals surface area contributed by atoms with Crippen molar-refractivity contribution in [1.29, 1.82) is 0 Å². The van der Waals surface area contributed by atoms with Gasteiger partial charge < -0.3 is 4.74 Å². The number of fused-ring (bicyclic) bond motifs is 2. The molecule has 1 atom stereocenters. The number of nitrogens with zero attached hydrogens (tertiary/aromatic N) is 2. The minimum atomic E-state index is 0.957. The van der Waals surface area contributed by atoms with Crippen LogP contribution in [0.1, 0.15) is 19.4 Å². The second-order valence-corrected chi connectivity index (χ2v) is 5.60. The summed E-state index contributed by atoms with van der Waals surface area (Å²) in [7, 11) is 0. The molecule has 1 unspecified atom stereocenters. The molecule has 20 heavy (non-hydrogen) atoms. The molecule has 0 aliphatic carbocycles.